The van der Waals surface area contributed by atoms with Crippen LogP contribution in [0.5, 0.6) is 0 Å². The molecule has 0 aliphatic carbocycles. The first-order valence-electron chi connectivity index (χ1n) is 2.18. The number of hydrogen-bond donors (Lipinski definition) is 1. The van der Waals surface area contributed by atoms with Crippen molar-refractivity contribution >= 4 is 36.3 Å². The average molecular weight is 144 g/mol. The minimum atomic E-state index is -0.403. The standard InChI is InChI=1S/C4H10O2.CH2O.Na.H/c1-4(2,3)6-5;1-2;;/h5H,1-3H3;1H2;;. The number of rotatable bonds is 0. The van der Waals surface area contributed by atoms with Gasteiger partial charge < -0.3 is 4.79 Å². The summed E-state index contributed by atoms with van der Waals surface area (Å²) in [4.78, 5) is 11.9. The van der Waals surface area contributed by atoms with Gasteiger partial charge >= 0.3 is 29.6 Å². The summed E-state index contributed by atoms with van der Waals surface area (Å²) in [5.41, 5.74) is -0.403. The molecule has 0 aromatic heterocycles. The van der Waals surface area contributed by atoms with Crippen molar-refractivity contribution in [3.05, 3.63) is 0 Å². The molecule has 0 rings (SSSR count). The zero-order valence-electron chi connectivity index (χ0n) is 5.47. The average Bonchev–Trinajstić information content (AvgIpc) is 1.71. The van der Waals surface area contributed by atoms with E-state index in [-0.39, 0.29) is 29.6 Å². The maximum absolute atomic E-state index is 8.00. The second-order valence-corrected chi connectivity index (χ2v) is 2.20. The monoisotopic (exact) mass is 144 g/mol. The Bertz CT molecular complexity index is 50.7. The van der Waals surface area contributed by atoms with Crippen molar-refractivity contribution in [2.75, 3.05) is 0 Å². The van der Waals surface area contributed by atoms with Crippen LogP contribution in [0.15, 0.2) is 0 Å². The number of carbonyl (C=O) groups excluding carboxylic acids is 1. The first-order chi connectivity index (χ1) is 3.56. The van der Waals surface area contributed by atoms with Crippen molar-refractivity contribution in [1.82, 2.24) is 0 Å². The molecular weight excluding hydrogens is 131 g/mol. The molecule has 9 heavy (non-hydrogen) atoms. The van der Waals surface area contributed by atoms with E-state index in [9.17, 15) is 0 Å². The molecule has 0 amide bonds. The Morgan fingerprint density at radius 3 is 1.44 bits per heavy atom. The summed E-state index contributed by atoms with van der Waals surface area (Å²) in [6, 6.07) is 0. The Balaban J connectivity index is -0.000000109. The van der Waals surface area contributed by atoms with Crippen LogP contribution in [0.4, 0.5) is 0 Å². The fourth-order valence-corrected chi connectivity index (χ4v) is 0. The zero-order valence-corrected chi connectivity index (χ0v) is 5.47. The van der Waals surface area contributed by atoms with Crippen LogP contribution >= 0.6 is 0 Å². The van der Waals surface area contributed by atoms with Gasteiger partial charge in [0.15, 0.2) is 0 Å². The van der Waals surface area contributed by atoms with Crippen LogP contribution in [0.25, 0.3) is 0 Å². The molecule has 1 N–H and O–H groups in total. The van der Waals surface area contributed by atoms with Gasteiger partial charge in [-0.1, -0.05) is 0 Å². The molecule has 0 heterocycles. The molecule has 0 aromatic carbocycles. The van der Waals surface area contributed by atoms with E-state index < -0.39 is 5.60 Å². The van der Waals surface area contributed by atoms with Gasteiger partial charge in [-0.15, -0.1) is 0 Å². The van der Waals surface area contributed by atoms with Gasteiger partial charge in [0.05, 0.1) is 5.60 Å². The van der Waals surface area contributed by atoms with Gasteiger partial charge in [-0.3, -0.25) is 5.26 Å². The van der Waals surface area contributed by atoms with E-state index >= 15 is 0 Å². The summed E-state index contributed by atoms with van der Waals surface area (Å²) in [6.45, 7) is 7.31. The Kier molecular flexibility index (Phi) is 15.6. The first-order valence-corrected chi connectivity index (χ1v) is 2.18. The zero-order chi connectivity index (χ0) is 7.21. The first kappa shape index (κ1) is 16.3. The van der Waals surface area contributed by atoms with Gasteiger partial charge in [0, 0.05) is 0 Å². The Hall–Kier alpha value is 0.590. The number of carbonyl (C=O) groups is 1. The summed E-state index contributed by atoms with van der Waals surface area (Å²) in [7, 11) is 0. The van der Waals surface area contributed by atoms with Crippen molar-refractivity contribution in [2.24, 2.45) is 0 Å². The molecule has 0 spiro atoms. The molecule has 4 heteroatoms. The van der Waals surface area contributed by atoms with E-state index in [2.05, 4.69) is 4.89 Å². The molecule has 0 saturated heterocycles. The van der Waals surface area contributed by atoms with Crippen LogP contribution in [0.3, 0.4) is 0 Å². The molecule has 0 radical (unpaired) electrons. The van der Waals surface area contributed by atoms with Crippen molar-refractivity contribution < 1.29 is 14.9 Å². The summed E-state index contributed by atoms with van der Waals surface area (Å²) < 4.78 is 0. The quantitative estimate of drug-likeness (QED) is 0.305. The molecule has 3 nitrogen and oxygen atoms in total. The van der Waals surface area contributed by atoms with Gasteiger partial charge in [0.1, 0.15) is 6.79 Å². The van der Waals surface area contributed by atoms with Crippen LogP contribution < -0.4 is 0 Å². The van der Waals surface area contributed by atoms with Crippen LogP contribution in [0.2, 0.25) is 0 Å². The van der Waals surface area contributed by atoms with Crippen LogP contribution in [0.1, 0.15) is 20.8 Å². The molecule has 0 fully saturated rings. The third kappa shape index (κ3) is 28.9. The van der Waals surface area contributed by atoms with Crippen molar-refractivity contribution in [3.8, 4) is 0 Å². The van der Waals surface area contributed by atoms with Crippen molar-refractivity contribution in [1.29, 1.82) is 0 Å². The van der Waals surface area contributed by atoms with Crippen molar-refractivity contribution in [2.45, 2.75) is 26.4 Å². The summed E-state index contributed by atoms with van der Waals surface area (Å²) >= 11 is 0. The summed E-state index contributed by atoms with van der Waals surface area (Å²) in [5.74, 6) is 0. The molecule has 52 valence electrons. The van der Waals surface area contributed by atoms with Crippen LogP contribution in [-0.2, 0) is 9.68 Å². The van der Waals surface area contributed by atoms with E-state index in [4.69, 9.17) is 10.1 Å². The van der Waals surface area contributed by atoms with Crippen LogP contribution in [-0.4, -0.2) is 47.2 Å². The van der Waals surface area contributed by atoms with Crippen molar-refractivity contribution in [3.63, 3.8) is 0 Å². The summed E-state index contributed by atoms with van der Waals surface area (Å²) in [6.07, 6.45) is 0. The maximum atomic E-state index is 8.00. The molecule has 0 unspecified atom stereocenters. The summed E-state index contributed by atoms with van der Waals surface area (Å²) in [5, 5.41) is 7.90. The van der Waals surface area contributed by atoms with Gasteiger partial charge in [-0.05, 0) is 20.8 Å². The topological polar surface area (TPSA) is 46.5 Å². The van der Waals surface area contributed by atoms with E-state index in [1.165, 1.54) is 0 Å². The minimum absolute atomic E-state index is 0. The van der Waals surface area contributed by atoms with E-state index in [1.807, 2.05) is 6.79 Å². The second kappa shape index (κ2) is 8.59. The molecule has 0 atom stereocenters. The van der Waals surface area contributed by atoms with E-state index in [0.29, 0.717) is 0 Å². The van der Waals surface area contributed by atoms with Crippen LogP contribution in [0, 0.1) is 0 Å². The van der Waals surface area contributed by atoms with Gasteiger partial charge in [-0.25, -0.2) is 4.89 Å². The molecule has 0 saturated carbocycles. The van der Waals surface area contributed by atoms with Gasteiger partial charge in [-0.2, -0.15) is 0 Å². The fraction of sp³-hybridized carbons (Fsp3) is 0.800. The van der Waals surface area contributed by atoms with E-state index in [1.54, 1.807) is 20.8 Å². The van der Waals surface area contributed by atoms with Gasteiger partial charge in [0.2, 0.25) is 0 Å². The third-order valence-electron chi connectivity index (χ3n) is 0.274. The molecule has 0 aromatic rings. The normalized spacial score (nSPS) is 8.44. The Morgan fingerprint density at radius 2 is 1.44 bits per heavy atom. The predicted molar refractivity (Wildman–Crippen MR) is 37.7 cm³/mol. The Morgan fingerprint density at radius 1 is 1.33 bits per heavy atom. The molecular formula is C5H13NaO3. The van der Waals surface area contributed by atoms with Gasteiger partial charge in [0.25, 0.3) is 0 Å². The SMILES string of the molecule is C=O.CC(C)(C)OO.[NaH]. The molecule has 0 aliphatic heterocycles. The molecule has 0 aliphatic rings. The second-order valence-electron chi connectivity index (χ2n) is 2.20. The molecule has 0 bridgehead atoms. The number of hydrogen-bond acceptors (Lipinski definition) is 3. The third-order valence-corrected chi connectivity index (χ3v) is 0.274. The fourth-order valence-electron chi connectivity index (χ4n) is 0. The van der Waals surface area contributed by atoms with E-state index in [0.717, 1.165) is 0 Å². The Labute approximate surface area is 77.6 Å². The predicted octanol–water partition coefficient (Wildman–Crippen LogP) is 0.441.